The van der Waals surface area contributed by atoms with Crippen molar-refractivity contribution in [3.05, 3.63) is 65.0 Å². The predicted molar refractivity (Wildman–Crippen MR) is 114 cm³/mol. The number of ether oxygens (including phenoxy) is 1. The number of rotatable bonds is 5. The Bertz CT molecular complexity index is 1030. The van der Waals surface area contributed by atoms with Gasteiger partial charge in [0.25, 0.3) is 5.91 Å². The molecule has 1 aliphatic heterocycles. The number of methoxy groups -OCH3 is 1. The average molecular weight is 389 g/mol. The number of aromatic nitrogens is 2. The minimum Gasteiger partial charge on any atom is -0.497 e. The molecule has 1 aliphatic rings. The van der Waals surface area contributed by atoms with Gasteiger partial charge in [-0.05, 0) is 61.6 Å². The van der Waals surface area contributed by atoms with Crippen LogP contribution in [0.2, 0.25) is 0 Å². The number of hydrogen-bond donors (Lipinski definition) is 0. The molecule has 2 aromatic carbocycles. The van der Waals surface area contributed by atoms with Crippen molar-refractivity contribution in [2.24, 2.45) is 0 Å². The van der Waals surface area contributed by atoms with Crippen molar-refractivity contribution in [2.75, 3.05) is 13.7 Å². The van der Waals surface area contributed by atoms with Crippen molar-refractivity contribution in [2.45, 2.75) is 45.6 Å². The molecule has 1 aromatic heterocycles. The van der Waals surface area contributed by atoms with E-state index in [0.717, 1.165) is 66.0 Å². The fourth-order valence-corrected chi connectivity index (χ4v) is 4.17. The molecule has 0 bridgehead atoms. The largest absolute Gasteiger partial charge is 0.497 e. The van der Waals surface area contributed by atoms with Crippen LogP contribution < -0.4 is 4.74 Å². The molecule has 1 amide bonds. The summed E-state index contributed by atoms with van der Waals surface area (Å²) in [6.45, 7) is 4.96. The topological polar surface area (TPSA) is 55.3 Å². The van der Waals surface area contributed by atoms with Gasteiger partial charge >= 0.3 is 0 Å². The maximum Gasteiger partial charge on any atom is 0.254 e. The second-order valence-corrected chi connectivity index (χ2v) is 7.46. The number of amides is 1. The van der Waals surface area contributed by atoms with Crippen LogP contribution in [0.15, 0.2) is 42.5 Å². The highest BCUT2D eigenvalue weighted by Crippen LogP contribution is 2.34. The smallest absolute Gasteiger partial charge is 0.254 e. The van der Waals surface area contributed by atoms with E-state index in [2.05, 4.69) is 26.0 Å². The van der Waals surface area contributed by atoms with Gasteiger partial charge in [-0.25, -0.2) is 9.97 Å². The molecule has 0 N–H and O–H groups in total. The molecule has 1 saturated heterocycles. The minimum absolute atomic E-state index is 0.0598. The lowest BCUT2D eigenvalue weighted by atomic mass is 10.0. The summed E-state index contributed by atoms with van der Waals surface area (Å²) in [6.07, 6.45) is 3.70. The van der Waals surface area contributed by atoms with Crippen molar-refractivity contribution in [3.63, 3.8) is 0 Å². The summed E-state index contributed by atoms with van der Waals surface area (Å²) < 4.78 is 5.26. The molecule has 4 rings (SSSR count). The summed E-state index contributed by atoms with van der Waals surface area (Å²) in [4.78, 5) is 24.8. The van der Waals surface area contributed by atoms with Gasteiger partial charge in [0.2, 0.25) is 0 Å². The molecule has 0 saturated carbocycles. The van der Waals surface area contributed by atoms with E-state index >= 15 is 0 Å². The van der Waals surface area contributed by atoms with Crippen molar-refractivity contribution in [3.8, 4) is 5.75 Å². The summed E-state index contributed by atoms with van der Waals surface area (Å²) in [5.74, 6) is 0.889. The monoisotopic (exact) mass is 389 g/mol. The molecule has 150 valence electrons. The molecule has 29 heavy (non-hydrogen) atoms. The van der Waals surface area contributed by atoms with E-state index in [1.54, 1.807) is 7.11 Å². The van der Waals surface area contributed by atoms with E-state index in [1.165, 1.54) is 0 Å². The summed E-state index contributed by atoms with van der Waals surface area (Å²) in [6, 6.07) is 13.8. The van der Waals surface area contributed by atoms with Gasteiger partial charge in [0.05, 0.1) is 35.6 Å². The maximum atomic E-state index is 13.3. The molecule has 5 nitrogen and oxygen atoms in total. The Morgan fingerprint density at radius 2 is 1.72 bits per heavy atom. The molecule has 0 aliphatic carbocycles. The molecule has 5 heteroatoms. The van der Waals surface area contributed by atoms with Gasteiger partial charge in [0, 0.05) is 12.1 Å². The Balaban J connectivity index is 1.64. The lowest BCUT2D eigenvalue weighted by molar-refractivity contribution is 0.0736. The van der Waals surface area contributed by atoms with Crippen LogP contribution in [-0.4, -0.2) is 34.4 Å². The van der Waals surface area contributed by atoms with Crippen LogP contribution in [0.1, 0.15) is 60.0 Å². The number of hydrogen-bond acceptors (Lipinski definition) is 4. The van der Waals surface area contributed by atoms with Crippen LogP contribution in [0.25, 0.3) is 11.0 Å². The van der Waals surface area contributed by atoms with Gasteiger partial charge < -0.3 is 9.64 Å². The highest BCUT2D eigenvalue weighted by molar-refractivity contribution is 5.97. The number of aryl methyl sites for hydroxylation is 2. The van der Waals surface area contributed by atoms with Crippen LogP contribution in [0.3, 0.4) is 0 Å². The standard InChI is InChI=1S/C24H27N3O2/c1-4-19-20(5-2)26-22-15-17(10-13-21(22)25-19)24(28)27-14-6-7-23(27)16-8-11-18(29-3)12-9-16/h8-13,15,23H,4-7,14H2,1-3H3. The fraction of sp³-hybridized carbons (Fsp3) is 0.375. The minimum atomic E-state index is 0.0598. The lowest BCUT2D eigenvalue weighted by Gasteiger charge is -2.25. The number of nitrogens with zero attached hydrogens (tertiary/aromatic N) is 3. The average Bonchev–Trinajstić information content (AvgIpc) is 3.27. The van der Waals surface area contributed by atoms with E-state index in [4.69, 9.17) is 14.7 Å². The molecule has 2 heterocycles. The van der Waals surface area contributed by atoms with E-state index in [9.17, 15) is 4.79 Å². The first kappa shape index (κ1) is 19.4. The zero-order valence-corrected chi connectivity index (χ0v) is 17.3. The molecule has 1 fully saturated rings. The van der Waals surface area contributed by atoms with Crippen molar-refractivity contribution in [1.29, 1.82) is 0 Å². The second-order valence-electron chi connectivity index (χ2n) is 7.46. The van der Waals surface area contributed by atoms with Crippen molar-refractivity contribution >= 4 is 16.9 Å². The SMILES string of the molecule is CCc1nc2ccc(C(=O)N3CCCC3c3ccc(OC)cc3)cc2nc1CC. The van der Waals surface area contributed by atoms with Gasteiger partial charge in [-0.15, -0.1) is 0 Å². The molecular formula is C24H27N3O2. The van der Waals surface area contributed by atoms with Crippen LogP contribution in [0.4, 0.5) is 0 Å². The third-order valence-corrected chi connectivity index (χ3v) is 5.75. The normalized spacial score (nSPS) is 16.4. The van der Waals surface area contributed by atoms with E-state index < -0.39 is 0 Å². The van der Waals surface area contributed by atoms with Crippen molar-refractivity contribution in [1.82, 2.24) is 14.9 Å². The van der Waals surface area contributed by atoms with Gasteiger partial charge in [-0.3, -0.25) is 4.79 Å². The quantitative estimate of drug-likeness (QED) is 0.632. The van der Waals surface area contributed by atoms with Crippen LogP contribution in [0, 0.1) is 0 Å². The molecule has 1 atom stereocenters. The number of likely N-dealkylation sites (tertiary alicyclic amines) is 1. The number of carbonyl (C=O) groups is 1. The van der Waals surface area contributed by atoms with Crippen LogP contribution in [-0.2, 0) is 12.8 Å². The van der Waals surface area contributed by atoms with E-state index in [-0.39, 0.29) is 11.9 Å². The third-order valence-electron chi connectivity index (χ3n) is 5.75. The second kappa shape index (κ2) is 8.19. The first-order valence-corrected chi connectivity index (χ1v) is 10.4. The Kier molecular flexibility index (Phi) is 5.47. The predicted octanol–water partition coefficient (Wildman–Crippen LogP) is 4.74. The lowest BCUT2D eigenvalue weighted by Crippen LogP contribution is -2.30. The number of fused-ring (bicyclic) bond motifs is 1. The summed E-state index contributed by atoms with van der Waals surface area (Å²) in [5, 5.41) is 0. The molecule has 0 radical (unpaired) electrons. The molecule has 0 spiro atoms. The highest BCUT2D eigenvalue weighted by Gasteiger charge is 2.30. The Morgan fingerprint density at radius 3 is 2.38 bits per heavy atom. The third kappa shape index (κ3) is 3.69. The van der Waals surface area contributed by atoms with Crippen LogP contribution in [0.5, 0.6) is 5.75 Å². The zero-order chi connectivity index (χ0) is 20.4. The zero-order valence-electron chi connectivity index (χ0n) is 17.3. The number of benzene rings is 2. The highest BCUT2D eigenvalue weighted by atomic mass is 16.5. The maximum absolute atomic E-state index is 13.3. The van der Waals surface area contributed by atoms with Crippen molar-refractivity contribution < 1.29 is 9.53 Å². The Labute approximate surface area is 171 Å². The van der Waals surface area contributed by atoms with Gasteiger partial charge in [0.1, 0.15) is 5.75 Å². The van der Waals surface area contributed by atoms with Gasteiger partial charge in [-0.1, -0.05) is 26.0 Å². The first-order chi connectivity index (χ1) is 14.1. The van der Waals surface area contributed by atoms with Gasteiger partial charge in [0.15, 0.2) is 0 Å². The molecule has 3 aromatic rings. The first-order valence-electron chi connectivity index (χ1n) is 10.4. The molecule has 1 unspecified atom stereocenters. The summed E-state index contributed by atoms with van der Waals surface area (Å²) >= 11 is 0. The fourth-order valence-electron chi connectivity index (χ4n) is 4.17. The van der Waals surface area contributed by atoms with E-state index in [1.807, 2.05) is 35.2 Å². The van der Waals surface area contributed by atoms with Crippen LogP contribution >= 0.6 is 0 Å². The summed E-state index contributed by atoms with van der Waals surface area (Å²) in [7, 11) is 1.66. The summed E-state index contributed by atoms with van der Waals surface area (Å²) in [5.41, 5.74) is 5.53. The molecular weight excluding hydrogens is 362 g/mol. The Hall–Kier alpha value is -2.95. The number of carbonyl (C=O) groups excluding carboxylic acids is 1. The van der Waals surface area contributed by atoms with Gasteiger partial charge in [-0.2, -0.15) is 0 Å². The Morgan fingerprint density at radius 1 is 1.03 bits per heavy atom. The van der Waals surface area contributed by atoms with E-state index in [0.29, 0.717) is 5.56 Å².